The second kappa shape index (κ2) is 5.83. The third-order valence-corrected chi connectivity index (χ3v) is 5.69. The summed E-state index contributed by atoms with van der Waals surface area (Å²) in [6.07, 6.45) is 0. The molecule has 1 radical (unpaired) electrons. The van der Waals surface area contributed by atoms with Gasteiger partial charge in [-0.25, -0.2) is 8.42 Å². The quantitative estimate of drug-likeness (QED) is 0.666. The molecule has 1 unspecified atom stereocenters. The highest BCUT2D eigenvalue weighted by molar-refractivity contribution is 7.89. The summed E-state index contributed by atoms with van der Waals surface area (Å²) >= 11 is 0. The molecule has 18 heavy (non-hydrogen) atoms. The van der Waals surface area contributed by atoms with Crippen LogP contribution >= 0.6 is 0 Å². The Morgan fingerprint density at radius 1 is 1.06 bits per heavy atom. The largest absolute Gasteiger partial charge is 0.379 e. The van der Waals surface area contributed by atoms with Crippen molar-refractivity contribution < 1.29 is 13.2 Å². The summed E-state index contributed by atoms with van der Waals surface area (Å²) in [6, 6.07) is 0. The Hall–Kier alpha value is -0.210. The third kappa shape index (κ3) is 3.03. The fourth-order valence-electron chi connectivity index (χ4n) is 2.27. The lowest BCUT2D eigenvalue weighted by atomic mass is 10.3. The maximum Gasteiger partial charge on any atom is 0.230 e. The zero-order chi connectivity index (χ0) is 13.2. The Kier molecular flexibility index (Phi) is 4.60. The summed E-state index contributed by atoms with van der Waals surface area (Å²) in [4.78, 5) is 4.15. The molecule has 1 atom stereocenters. The molecule has 0 aromatic carbocycles. The first-order chi connectivity index (χ1) is 8.51. The number of nitrogens with zero attached hydrogens (tertiary/aromatic N) is 3. The first kappa shape index (κ1) is 14.2. The van der Waals surface area contributed by atoms with Crippen LogP contribution in [0.5, 0.6) is 0 Å². The van der Waals surface area contributed by atoms with Crippen molar-refractivity contribution in [1.82, 2.24) is 14.1 Å². The van der Waals surface area contributed by atoms with Gasteiger partial charge in [0.2, 0.25) is 10.0 Å². The second-order valence-electron chi connectivity index (χ2n) is 4.85. The fraction of sp³-hybridized carbons (Fsp3) is 0.909. The van der Waals surface area contributed by atoms with Crippen molar-refractivity contribution in [3.05, 3.63) is 6.92 Å². The van der Waals surface area contributed by atoms with Crippen molar-refractivity contribution in [2.24, 2.45) is 0 Å². The molecule has 0 aromatic heterocycles. The molecule has 0 N–H and O–H groups in total. The number of rotatable bonds is 3. The Morgan fingerprint density at radius 2 is 1.61 bits per heavy atom. The van der Waals surface area contributed by atoms with Gasteiger partial charge in [-0.3, -0.25) is 4.90 Å². The Balaban J connectivity index is 2.00. The zero-order valence-corrected chi connectivity index (χ0v) is 11.7. The first-order valence-corrected chi connectivity index (χ1v) is 7.84. The van der Waals surface area contributed by atoms with E-state index in [1.807, 2.05) is 11.9 Å². The number of piperazine rings is 1. The van der Waals surface area contributed by atoms with Crippen LogP contribution in [0.1, 0.15) is 0 Å². The zero-order valence-electron chi connectivity index (χ0n) is 10.9. The van der Waals surface area contributed by atoms with E-state index in [2.05, 4.69) is 11.8 Å². The van der Waals surface area contributed by atoms with Gasteiger partial charge in [-0.1, -0.05) is 0 Å². The molecule has 0 aliphatic carbocycles. The minimum absolute atomic E-state index is 0.447. The fourth-order valence-corrected chi connectivity index (χ4v) is 3.86. The molecule has 6 nitrogen and oxygen atoms in total. The minimum Gasteiger partial charge on any atom is -0.379 e. The van der Waals surface area contributed by atoms with Gasteiger partial charge in [0.15, 0.2) is 0 Å². The first-order valence-electron chi connectivity index (χ1n) is 6.34. The summed E-state index contributed by atoms with van der Waals surface area (Å²) in [5.74, 6) is 0. The molecule has 2 heterocycles. The van der Waals surface area contributed by atoms with E-state index in [4.69, 9.17) is 4.74 Å². The average Bonchev–Trinajstić information content (AvgIpc) is 2.40. The number of ether oxygens (including phenoxy) is 1. The van der Waals surface area contributed by atoms with Crippen LogP contribution in [-0.2, 0) is 14.8 Å². The SMILES string of the molecule is [CH2]C(N1CCN(C)CC1)S(=O)(=O)N1CCOCC1. The van der Waals surface area contributed by atoms with E-state index in [9.17, 15) is 8.42 Å². The van der Waals surface area contributed by atoms with E-state index in [1.54, 1.807) is 0 Å². The van der Waals surface area contributed by atoms with Crippen LogP contribution in [0.4, 0.5) is 0 Å². The van der Waals surface area contributed by atoms with Crippen LogP contribution < -0.4 is 0 Å². The van der Waals surface area contributed by atoms with Gasteiger partial charge in [0, 0.05) is 39.3 Å². The van der Waals surface area contributed by atoms with Gasteiger partial charge in [0.05, 0.1) is 13.2 Å². The smallest absolute Gasteiger partial charge is 0.230 e. The highest BCUT2D eigenvalue weighted by atomic mass is 32.2. The molecule has 0 amide bonds. The van der Waals surface area contributed by atoms with E-state index >= 15 is 0 Å². The summed E-state index contributed by atoms with van der Waals surface area (Å²) in [5, 5.41) is -0.677. The highest BCUT2D eigenvalue weighted by Gasteiger charge is 2.34. The molecule has 0 bridgehead atoms. The standard InChI is InChI=1S/C11H22N3O3S/c1-11(13-5-3-12(2)4-6-13)18(15,16)14-7-9-17-10-8-14/h11H,1,3-10H2,2H3. The van der Waals surface area contributed by atoms with Crippen LogP contribution in [0.2, 0.25) is 0 Å². The van der Waals surface area contributed by atoms with Crippen molar-refractivity contribution in [2.45, 2.75) is 5.37 Å². The lowest BCUT2D eigenvalue weighted by molar-refractivity contribution is 0.0706. The normalized spacial score (nSPS) is 27.2. The molecule has 0 spiro atoms. The van der Waals surface area contributed by atoms with Crippen molar-refractivity contribution in [2.75, 3.05) is 59.5 Å². The topological polar surface area (TPSA) is 53.1 Å². The molecule has 2 rings (SSSR count). The van der Waals surface area contributed by atoms with Crippen LogP contribution in [0.3, 0.4) is 0 Å². The van der Waals surface area contributed by atoms with Crippen molar-refractivity contribution in [3.8, 4) is 0 Å². The minimum atomic E-state index is -3.33. The summed E-state index contributed by atoms with van der Waals surface area (Å²) in [6.45, 7) is 9.03. The summed E-state index contributed by atoms with van der Waals surface area (Å²) < 4.78 is 31.5. The van der Waals surface area contributed by atoms with Gasteiger partial charge < -0.3 is 9.64 Å². The van der Waals surface area contributed by atoms with E-state index < -0.39 is 15.4 Å². The number of likely N-dealkylation sites (N-methyl/N-ethyl adjacent to an activating group) is 1. The molecule has 0 saturated carbocycles. The van der Waals surface area contributed by atoms with Gasteiger partial charge in [-0.2, -0.15) is 4.31 Å². The maximum atomic E-state index is 12.4. The third-order valence-electron chi connectivity index (χ3n) is 3.62. The summed E-state index contributed by atoms with van der Waals surface area (Å²) in [7, 11) is -1.28. The lowest BCUT2D eigenvalue weighted by Gasteiger charge is -2.38. The average molecular weight is 276 g/mol. The molecule has 2 saturated heterocycles. The number of morpholine rings is 1. The Morgan fingerprint density at radius 3 is 2.17 bits per heavy atom. The maximum absolute atomic E-state index is 12.4. The van der Waals surface area contributed by atoms with Crippen LogP contribution in [0.15, 0.2) is 0 Å². The van der Waals surface area contributed by atoms with Crippen LogP contribution in [0.25, 0.3) is 0 Å². The van der Waals surface area contributed by atoms with Gasteiger partial charge >= 0.3 is 0 Å². The van der Waals surface area contributed by atoms with E-state index in [1.165, 1.54) is 4.31 Å². The molecule has 105 valence electrons. The molecule has 0 aromatic rings. The van der Waals surface area contributed by atoms with Crippen molar-refractivity contribution in [3.63, 3.8) is 0 Å². The Labute approximate surface area is 110 Å². The number of hydrogen-bond donors (Lipinski definition) is 0. The lowest BCUT2D eigenvalue weighted by Crippen LogP contribution is -2.55. The molecule has 2 fully saturated rings. The molecule has 2 aliphatic rings. The van der Waals surface area contributed by atoms with Gasteiger partial charge in [0.25, 0.3) is 0 Å². The summed E-state index contributed by atoms with van der Waals surface area (Å²) in [5.41, 5.74) is 0. The van der Waals surface area contributed by atoms with Gasteiger partial charge in [-0.15, -0.1) is 0 Å². The van der Waals surface area contributed by atoms with Crippen molar-refractivity contribution >= 4 is 10.0 Å². The molecule has 2 aliphatic heterocycles. The molecule has 7 heteroatoms. The van der Waals surface area contributed by atoms with Gasteiger partial charge in [0.1, 0.15) is 5.37 Å². The molecular formula is C11H22N3O3S. The van der Waals surface area contributed by atoms with E-state index in [-0.39, 0.29) is 0 Å². The second-order valence-corrected chi connectivity index (χ2v) is 6.94. The van der Waals surface area contributed by atoms with Crippen molar-refractivity contribution in [1.29, 1.82) is 0 Å². The van der Waals surface area contributed by atoms with Crippen LogP contribution in [0, 0.1) is 6.92 Å². The predicted molar refractivity (Wildman–Crippen MR) is 69.5 cm³/mol. The highest BCUT2D eigenvalue weighted by Crippen LogP contribution is 2.16. The van der Waals surface area contributed by atoms with E-state index in [0.717, 1.165) is 26.2 Å². The Bertz CT molecular complexity index is 360. The van der Waals surface area contributed by atoms with E-state index in [0.29, 0.717) is 26.3 Å². The number of hydrogen-bond acceptors (Lipinski definition) is 5. The predicted octanol–water partition coefficient (Wildman–Crippen LogP) is -0.944. The van der Waals surface area contributed by atoms with Gasteiger partial charge in [-0.05, 0) is 14.0 Å². The number of sulfonamides is 1. The van der Waals surface area contributed by atoms with Crippen LogP contribution in [-0.4, -0.2) is 87.4 Å². The molecular weight excluding hydrogens is 254 g/mol. The monoisotopic (exact) mass is 276 g/mol.